The fraction of sp³-hybridized carbons (Fsp3) is 0.308. The molecule has 0 N–H and O–H groups in total. The zero-order chi connectivity index (χ0) is 14.5. The fourth-order valence-corrected chi connectivity index (χ4v) is 3.27. The standard InChI is InChI=1S/C13H14N2O3S2/c1-8-14-15-13(20-8)19-7-11(16)10-5-4-9(17-2)6-12(10)18-3/h4-6H,7H2,1-3H3. The molecular weight excluding hydrogens is 296 g/mol. The quantitative estimate of drug-likeness (QED) is 0.604. The minimum atomic E-state index is -0.0117. The molecule has 1 aromatic carbocycles. The molecule has 2 rings (SSSR count). The van der Waals surface area contributed by atoms with Gasteiger partial charge in [-0.2, -0.15) is 0 Å². The van der Waals surface area contributed by atoms with Crippen molar-refractivity contribution >= 4 is 28.9 Å². The summed E-state index contributed by atoms with van der Waals surface area (Å²) in [6.07, 6.45) is 0. The lowest BCUT2D eigenvalue weighted by Crippen LogP contribution is -2.05. The van der Waals surface area contributed by atoms with E-state index in [1.54, 1.807) is 25.3 Å². The first kappa shape index (κ1) is 14.8. The van der Waals surface area contributed by atoms with Gasteiger partial charge in [0.2, 0.25) is 0 Å². The summed E-state index contributed by atoms with van der Waals surface area (Å²) in [6.45, 7) is 1.88. The third-order valence-electron chi connectivity index (χ3n) is 2.54. The van der Waals surface area contributed by atoms with E-state index >= 15 is 0 Å². The Morgan fingerprint density at radius 1 is 1.30 bits per heavy atom. The lowest BCUT2D eigenvalue weighted by Gasteiger charge is -2.09. The van der Waals surface area contributed by atoms with Crippen molar-refractivity contribution < 1.29 is 14.3 Å². The topological polar surface area (TPSA) is 61.3 Å². The maximum absolute atomic E-state index is 12.2. The number of Topliss-reactive ketones (excluding diaryl/α,β-unsaturated/α-hetero) is 1. The number of aryl methyl sites for hydroxylation is 1. The Balaban J connectivity index is 2.08. The molecule has 5 nitrogen and oxygen atoms in total. The van der Waals surface area contributed by atoms with Gasteiger partial charge < -0.3 is 9.47 Å². The Kier molecular flexibility index (Phi) is 4.97. The number of carbonyl (C=O) groups excluding carboxylic acids is 1. The summed E-state index contributed by atoms with van der Waals surface area (Å²) in [6, 6.07) is 5.16. The van der Waals surface area contributed by atoms with E-state index in [-0.39, 0.29) is 5.78 Å². The highest BCUT2D eigenvalue weighted by atomic mass is 32.2. The van der Waals surface area contributed by atoms with E-state index in [4.69, 9.17) is 9.47 Å². The predicted octanol–water partition coefficient (Wildman–Crippen LogP) is 2.84. The molecule has 7 heteroatoms. The monoisotopic (exact) mass is 310 g/mol. The largest absolute Gasteiger partial charge is 0.497 e. The Morgan fingerprint density at radius 3 is 2.70 bits per heavy atom. The van der Waals surface area contributed by atoms with Gasteiger partial charge in [-0.15, -0.1) is 10.2 Å². The number of hydrogen-bond acceptors (Lipinski definition) is 7. The summed E-state index contributed by atoms with van der Waals surface area (Å²) in [5.41, 5.74) is 0.544. The number of nitrogens with zero attached hydrogens (tertiary/aromatic N) is 2. The van der Waals surface area contributed by atoms with Crippen molar-refractivity contribution in [2.24, 2.45) is 0 Å². The molecule has 20 heavy (non-hydrogen) atoms. The van der Waals surface area contributed by atoms with Crippen molar-refractivity contribution in [2.45, 2.75) is 11.3 Å². The van der Waals surface area contributed by atoms with Crippen LogP contribution in [0.5, 0.6) is 11.5 Å². The number of carbonyl (C=O) groups is 1. The molecule has 0 aliphatic heterocycles. The molecule has 0 saturated carbocycles. The van der Waals surface area contributed by atoms with Crippen molar-refractivity contribution in [1.29, 1.82) is 0 Å². The van der Waals surface area contributed by atoms with Crippen LogP contribution in [-0.4, -0.2) is 36.0 Å². The summed E-state index contributed by atoms with van der Waals surface area (Å²) < 4.78 is 11.1. The van der Waals surface area contributed by atoms with E-state index in [0.29, 0.717) is 22.8 Å². The van der Waals surface area contributed by atoms with Crippen LogP contribution in [0.25, 0.3) is 0 Å². The summed E-state index contributed by atoms with van der Waals surface area (Å²) in [5, 5.41) is 8.79. The van der Waals surface area contributed by atoms with Gasteiger partial charge in [-0.05, 0) is 19.1 Å². The van der Waals surface area contributed by atoms with Crippen LogP contribution < -0.4 is 9.47 Å². The lowest BCUT2D eigenvalue weighted by molar-refractivity contribution is 0.101. The summed E-state index contributed by atoms with van der Waals surface area (Å²) in [7, 11) is 3.11. The number of thioether (sulfide) groups is 1. The van der Waals surface area contributed by atoms with Gasteiger partial charge in [-0.3, -0.25) is 4.79 Å². The van der Waals surface area contributed by atoms with Gasteiger partial charge in [0.05, 0.1) is 25.5 Å². The minimum absolute atomic E-state index is 0.0117. The van der Waals surface area contributed by atoms with Crippen LogP contribution >= 0.6 is 23.1 Å². The highest BCUT2D eigenvalue weighted by molar-refractivity contribution is 8.01. The van der Waals surface area contributed by atoms with Gasteiger partial charge in [0, 0.05) is 6.07 Å². The van der Waals surface area contributed by atoms with Crippen LogP contribution in [0.15, 0.2) is 22.5 Å². The maximum atomic E-state index is 12.2. The van der Waals surface area contributed by atoms with Crippen LogP contribution in [0.2, 0.25) is 0 Å². The smallest absolute Gasteiger partial charge is 0.176 e. The zero-order valence-corrected chi connectivity index (χ0v) is 13.0. The molecule has 1 heterocycles. The van der Waals surface area contributed by atoms with Crippen molar-refractivity contribution in [3.8, 4) is 11.5 Å². The average molecular weight is 310 g/mol. The van der Waals surface area contributed by atoms with Gasteiger partial charge in [0.1, 0.15) is 16.5 Å². The molecule has 0 spiro atoms. The Hall–Kier alpha value is -1.60. The molecule has 0 fully saturated rings. The zero-order valence-electron chi connectivity index (χ0n) is 11.4. The molecule has 0 aliphatic rings. The van der Waals surface area contributed by atoms with Crippen molar-refractivity contribution in [1.82, 2.24) is 10.2 Å². The predicted molar refractivity (Wildman–Crippen MR) is 79.2 cm³/mol. The molecule has 0 amide bonds. The molecule has 0 saturated heterocycles. The number of benzene rings is 1. The fourth-order valence-electron chi connectivity index (χ4n) is 1.57. The molecule has 0 unspecified atom stereocenters. The van der Waals surface area contributed by atoms with E-state index in [0.717, 1.165) is 9.35 Å². The van der Waals surface area contributed by atoms with Crippen LogP contribution in [-0.2, 0) is 0 Å². The van der Waals surface area contributed by atoms with E-state index in [1.165, 1.54) is 30.2 Å². The Bertz CT molecular complexity index is 613. The summed E-state index contributed by atoms with van der Waals surface area (Å²) >= 11 is 2.86. The normalized spacial score (nSPS) is 10.3. The molecule has 0 bridgehead atoms. The molecule has 0 aliphatic carbocycles. The number of aromatic nitrogens is 2. The average Bonchev–Trinajstić information content (AvgIpc) is 2.89. The third kappa shape index (κ3) is 3.49. The van der Waals surface area contributed by atoms with E-state index in [9.17, 15) is 4.79 Å². The number of ether oxygens (including phenoxy) is 2. The van der Waals surface area contributed by atoms with Gasteiger partial charge in [-0.25, -0.2) is 0 Å². The van der Waals surface area contributed by atoms with Crippen molar-refractivity contribution in [3.63, 3.8) is 0 Å². The van der Waals surface area contributed by atoms with Crippen molar-refractivity contribution in [3.05, 3.63) is 28.8 Å². The number of rotatable bonds is 6. The van der Waals surface area contributed by atoms with Crippen LogP contribution in [0.4, 0.5) is 0 Å². The molecule has 0 radical (unpaired) electrons. The number of hydrogen-bond donors (Lipinski definition) is 0. The van der Waals surface area contributed by atoms with Crippen molar-refractivity contribution in [2.75, 3.05) is 20.0 Å². The molecule has 2 aromatic rings. The van der Waals surface area contributed by atoms with E-state index in [2.05, 4.69) is 10.2 Å². The molecule has 106 valence electrons. The second-order valence-corrected chi connectivity index (χ2v) is 6.27. The van der Waals surface area contributed by atoms with Gasteiger partial charge >= 0.3 is 0 Å². The second-order valence-electron chi connectivity index (χ2n) is 3.87. The number of ketones is 1. The lowest BCUT2D eigenvalue weighted by atomic mass is 10.1. The first-order chi connectivity index (χ1) is 9.63. The van der Waals surface area contributed by atoms with Crippen LogP contribution in [0.1, 0.15) is 15.4 Å². The van der Waals surface area contributed by atoms with Gasteiger partial charge in [0.15, 0.2) is 10.1 Å². The maximum Gasteiger partial charge on any atom is 0.176 e. The third-order valence-corrected chi connectivity index (χ3v) is 4.52. The van der Waals surface area contributed by atoms with E-state index in [1.807, 2.05) is 6.92 Å². The van der Waals surface area contributed by atoms with E-state index < -0.39 is 0 Å². The highest BCUT2D eigenvalue weighted by Crippen LogP contribution is 2.28. The number of methoxy groups -OCH3 is 2. The van der Waals surface area contributed by atoms with Crippen LogP contribution in [0.3, 0.4) is 0 Å². The minimum Gasteiger partial charge on any atom is -0.497 e. The first-order valence-electron chi connectivity index (χ1n) is 5.82. The second kappa shape index (κ2) is 6.71. The highest BCUT2D eigenvalue weighted by Gasteiger charge is 2.14. The van der Waals surface area contributed by atoms with Gasteiger partial charge in [-0.1, -0.05) is 23.1 Å². The Labute approximate surface area is 125 Å². The Morgan fingerprint density at radius 2 is 2.10 bits per heavy atom. The SMILES string of the molecule is COc1ccc(C(=O)CSc2nnc(C)s2)c(OC)c1. The summed E-state index contributed by atoms with van der Waals surface area (Å²) in [4.78, 5) is 12.2. The first-order valence-corrected chi connectivity index (χ1v) is 7.62. The van der Waals surface area contributed by atoms with Gasteiger partial charge in [0.25, 0.3) is 0 Å². The molecule has 1 aromatic heterocycles. The summed E-state index contributed by atoms with van der Waals surface area (Å²) in [5.74, 6) is 1.47. The molecular formula is C13H14N2O3S2. The molecule has 0 atom stereocenters. The van der Waals surface area contributed by atoms with Crippen LogP contribution in [0, 0.1) is 6.92 Å².